The maximum absolute atomic E-state index is 11.6. The molecule has 0 amide bonds. The van der Waals surface area contributed by atoms with Crippen LogP contribution in [0.25, 0.3) is 17.1 Å². The van der Waals surface area contributed by atoms with E-state index in [1.54, 1.807) is 12.1 Å². The van der Waals surface area contributed by atoms with Crippen molar-refractivity contribution in [1.29, 1.82) is 0 Å². The number of imidazole rings is 1. The van der Waals surface area contributed by atoms with Gasteiger partial charge >= 0.3 is 5.97 Å². The number of nitrogens with one attached hydrogen (secondary N) is 1. The highest BCUT2D eigenvalue weighted by Gasteiger charge is 2.14. The summed E-state index contributed by atoms with van der Waals surface area (Å²) in [5.41, 5.74) is 2.18. The highest BCUT2D eigenvalue weighted by Crippen LogP contribution is 2.37. The van der Waals surface area contributed by atoms with Crippen molar-refractivity contribution in [2.45, 2.75) is 5.16 Å². The van der Waals surface area contributed by atoms with Gasteiger partial charge in [0, 0.05) is 0 Å². The summed E-state index contributed by atoms with van der Waals surface area (Å²) in [6.45, 7) is 0. The highest BCUT2D eigenvalue weighted by molar-refractivity contribution is 9.10. The number of thioether (sulfide) groups is 1. The maximum atomic E-state index is 11.6. The number of carboxylic acid groups (broad SMARTS) is 1. The van der Waals surface area contributed by atoms with Crippen LogP contribution < -0.4 is 4.74 Å². The molecule has 25 heavy (non-hydrogen) atoms. The Morgan fingerprint density at radius 2 is 2.12 bits per heavy atom. The van der Waals surface area contributed by atoms with Crippen LogP contribution >= 0.6 is 27.7 Å². The van der Waals surface area contributed by atoms with Crippen LogP contribution in [0.4, 0.5) is 0 Å². The van der Waals surface area contributed by atoms with Crippen LogP contribution in [-0.2, 0) is 4.79 Å². The second-order valence-corrected chi connectivity index (χ2v) is 6.91. The van der Waals surface area contributed by atoms with Crippen LogP contribution in [0.1, 0.15) is 5.56 Å². The van der Waals surface area contributed by atoms with Crippen molar-refractivity contribution < 1.29 is 19.7 Å². The number of aliphatic carboxylic acids is 1. The van der Waals surface area contributed by atoms with E-state index in [4.69, 9.17) is 4.74 Å². The number of benzene rings is 2. The number of phenolic OH excluding ortho intramolecular Hbond substituents is 1. The van der Waals surface area contributed by atoms with E-state index in [-0.39, 0.29) is 16.4 Å². The fraction of sp³-hybridized carbons (Fsp3) is 0.0588. The Morgan fingerprint density at radius 3 is 2.80 bits per heavy atom. The van der Waals surface area contributed by atoms with Gasteiger partial charge in [0.15, 0.2) is 16.7 Å². The summed E-state index contributed by atoms with van der Waals surface area (Å²) in [7, 11) is 1.43. The zero-order valence-electron chi connectivity index (χ0n) is 13.0. The molecule has 0 saturated carbocycles. The zero-order valence-corrected chi connectivity index (χ0v) is 15.4. The number of rotatable bonds is 5. The van der Waals surface area contributed by atoms with E-state index in [0.717, 1.165) is 22.8 Å². The first-order valence-corrected chi connectivity index (χ1v) is 8.73. The molecular weight excluding hydrogens is 408 g/mol. The molecule has 3 aromatic rings. The van der Waals surface area contributed by atoms with Gasteiger partial charge in [0.25, 0.3) is 0 Å². The Balaban J connectivity index is 1.97. The van der Waals surface area contributed by atoms with Crippen LogP contribution in [0.5, 0.6) is 11.5 Å². The predicted molar refractivity (Wildman–Crippen MR) is 99.9 cm³/mol. The van der Waals surface area contributed by atoms with E-state index >= 15 is 0 Å². The lowest BCUT2D eigenvalue weighted by Crippen LogP contribution is -1.97. The number of H-pyrrole nitrogens is 1. The van der Waals surface area contributed by atoms with Gasteiger partial charge in [-0.3, -0.25) is 0 Å². The second kappa shape index (κ2) is 7.20. The quantitative estimate of drug-likeness (QED) is 0.421. The summed E-state index contributed by atoms with van der Waals surface area (Å²) < 4.78 is 5.50. The van der Waals surface area contributed by atoms with Crippen molar-refractivity contribution in [3.63, 3.8) is 0 Å². The molecule has 0 saturated heterocycles. The molecule has 0 spiro atoms. The molecule has 3 rings (SSSR count). The van der Waals surface area contributed by atoms with Gasteiger partial charge in [-0.1, -0.05) is 12.1 Å². The molecule has 0 unspecified atom stereocenters. The average Bonchev–Trinajstić information content (AvgIpc) is 2.99. The first-order chi connectivity index (χ1) is 12.0. The summed E-state index contributed by atoms with van der Waals surface area (Å²) in [5.74, 6) is -0.866. The van der Waals surface area contributed by atoms with Crippen molar-refractivity contribution in [2.24, 2.45) is 0 Å². The van der Waals surface area contributed by atoms with E-state index in [2.05, 4.69) is 25.9 Å². The SMILES string of the molecule is COc1cc(/C=C(\Sc2nc3ccccc3[nH]2)C(=O)O)cc(Br)c1O. The molecule has 1 heterocycles. The lowest BCUT2D eigenvalue weighted by Gasteiger charge is -2.07. The van der Waals surface area contributed by atoms with Gasteiger partial charge in [-0.15, -0.1) is 0 Å². The van der Waals surface area contributed by atoms with E-state index in [0.29, 0.717) is 15.2 Å². The monoisotopic (exact) mass is 420 g/mol. The van der Waals surface area contributed by atoms with Gasteiger partial charge in [-0.05, 0) is 63.6 Å². The Labute approximate surface area is 155 Å². The summed E-state index contributed by atoms with van der Waals surface area (Å²) >= 11 is 4.24. The first kappa shape index (κ1) is 17.4. The van der Waals surface area contributed by atoms with E-state index < -0.39 is 5.97 Å². The minimum Gasteiger partial charge on any atom is -0.503 e. The Hall–Kier alpha value is -2.45. The van der Waals surface area contributed by atoms with Gasteiger partial charge in [0.05, 0.1) is 22.6 Å². The van der Waals surface area contributed by atoms with Gasteiger partial charge in [0.1, 0.15) is 4.91 Å². The Kier molecular flexibility index (Phi) is 5.00. The third-order valence-electron chi connectivity index (χ3n) is 3.35. The van der Waals surface area contributed by atoms with Gasteiger partial charge < -0.3 is 19.9 Å². The number of aromatic amines is 1. The smallest absolute Gasteiger partial charge is 0.342 e. The minimum atomic E-state index is -1.08. The number of aromatic hydroxyl groups is 1. The topological polar surface area (TPSA) is 95.4 Å². The number of aromatic nitrogens is 2. The number of ether oxygens (including phenoxy) is 1. The van der Waals surface area contributed by atoms with Gasteiger partial charge in [-0.2, -0.15) is 0 Å². The Bertz CT molecular complexity index is 951. The van der Waals surface area contributed by atoms with Crippen molar-refractivity contribution in [2.75, 3.05) is 7.11 Å². The summed E-state index contributed by atoms with van der Waals surface area (Å²) in [6, 6.07) is 10.6. The van der Waals surface area contributed by atoms with Crippen LogP contribution in [0, 0.1) is 0 Å². The van der Waals surface area contributed by atoms with Crippen molar-refractivity contribution in [3.8, 4) is 11.5 Å². The largest absolute Gasteiger partial charge is 0.503 e. The van der Waals surface area contributed by atoms with E-state index in [1.807, 2.05) is 24.3 Å². The Morgan fingerprint density at radius 1 is 1.36 bits per heavy atom. The van der Waals surface area contributed by atoms with Crippen molar-refractivity contribution in [3.05, 3.63) is 51.3 Å². The molecule has 0 atom stereocenters. The van der Waals surface area contributed by atoms with Crippen LogP contribution in [0.2, 0.25) is 0 Å². The van der Waals surface area contributed by atoms with Crippen LogP contribution in [0.3, 0.4) is 0 Å². The standard InChI is InChI=1S/C17H13BrN2O4S/c1-24-13-7-9(6-10(18)15(13)21)8-14(16(22)23)25-17-19-11-4-2-3-5-12(11)20-17/h2-8,21H,1H3,(H,19,20)(H,22,23)/b14-8-. The van der Waals surface area contributed by atoms with Crippen LogP contribution in [0.15, 0.2) is 50.9 Å². The third kappa shape index (κ3) is 3.80. The number of nitrogens with zero attached hydrogens (tertiary/aromatic N) is 1. The van der Waals surface area contributed by atoms with Crippen LogP contribution in [-0.4, -0.2) is 33.3 Å². The molecule has 0 radical (unpaired) electrons. The number of para-hydroxylation sites is 2. The molecule has 8 heteroatoms. The summed E-state index contributed by atoms with van der Waals surface area (Å²) in [5, 5.41) is 19.8. The van der Waals surface area contributed by atoms with E-state index in [9.17, 15) is 15.0 Å². The predicted octanol–water partition coefficient (Wildman–Crippen LogP) is 4.26. The normalized spacial score (nSPS) is 11.7. The minimum absolute atomic E-state index is 0.0403. The number of phenols is 1. The number of halogens is 1. The number of fused-ring (bicyclic) bond motifs is 1. The number of carboxylic acids is 1. The average molecular weight is 421 g/mol. The first-order valence-electron chi connectivity index (χ1n) is 7.12. The molecule has 6 nitrogen and oxygen atoms in total. The fourth-order valence-electron chi connectivity index (χ4n) is 2.20. The van der Waals surface area contributed by atoms with Crippen molar-refractivity contribution >= 4 is 50.8 Å². The molecule has 1 aromatic heterocycles. The molecular formula is C17H13BrN2O4S. The number of hydrogen-bond acceptors (Lipinski definition) is 5. The molecule has 128 valence electrons. The maximum Gasteiger partial charge on any atom is 0.342 e. The zero-order chi connectivity index (χ0) is 18.0. The molecule has 2 aromatic carbocycles. The van der Waals surface area contributed by atoms with Gasteiger partial charge in [-0.25, -0.2) is 9.78 Å². The summed E-state index contributed by atoms with van der Waals surface area (Å²) in [6.07, 6.45) is 1.49. The third-order valence-corrected chi connectivity index (χ3v) is 4.86. The molecule has 3 N–H and O–H groups in total. The molecule has 0 bridgehead atoms. The molecule has 0 aliphatic carbocycles. The molecule has 0 aliphatic rings. The number of carbonyl (C=O) groups is 1. The molecule has 0 fully saturated rings. The van der Waals surface area contributed by atoms with Crippen molar-refractivity contribution in [1.82, 2.24) is 9.97 Å². The lowest BCUT2D eigenvalue weighted by molar-refractivity contribution is -0.131. The van der Waals surface area contributed by atoms with Gasteiger partial charge in [0.2, 0.25) is 0 Å². The van der Waals surface area contributed by atoms with E-state index in [1.165, 1.54) is 13.2 Å². The number of methoxy groups -OCH3 is 1. The molecule has 0 aliphatic heterocycles. The fourth-order valence-corrected chi connectivity index (χ4v) is 3.46. The lowest BCUT2D eigenvalue weighted by atomic mass is 10.2. The number of hydrogen-bond donors (Lipinski definition) is 3. The summed E-state index contributed by atoms with van der Waals surface area (Å²) in [4.78, 5) is 19.1. The second-order valence-electron chi connectivity index (χ2n) is 5.03. The highest BCUT2D eigenvalue weighted by atomic mass is 79.9.